The second-order valence-electron chi connectivity index (χ2n) is 7.86. The van der Waals surface area contributed by atoms with Crippen molar-refractivity contribution in [3.05, 3.63) is 52.7 Å². The first-order valence-electron chi connectivity index (χ1n) is 9.93. The molecule has 1 aromatic heterocycles. The van der Waals surface area contributed by atoms with Crippen LogP contribution in [0.4, 0.5) is 0 Å². The summed E-state index contributed by atoms with van der Waals surface area (Å²) in [5, 5.41) is 2.05. The fraction of sp³-hybridized carbons (Fsp3) is 0.500. The van der Waals surface area contributed by atoms with Crippen LogP contribution in [0.2, 0.25) is 0 Å². The minimum Gasteiger partial charge on any atom is -0.492 e. The largest absolute Gasteiger partial charge is 0.492 e. The second kappa shape index (κ2) is 8.44. The van der Waals surface area contributed by atoms with Crippen LogP contribution in [0.15, 0.2) is 47.8 Å². The molecule has 0 N–H and O–H groups in total. The number of amides is 1. The molecule has 2 aliphatic heterocycles. The van der Waals surface area contributed by atoms with Crippen LogP contribution in [0.5, 0.6) is 5.75 Å². The molecule has 0 unspecified atom stereocenters. The average molecular weight is 385 g/mol. The molecule has 0 aliphatic carbocycles. The molecule has 3 heterocycles. The van der Waals surface area contributed by atoms with Crippen molar-refractivity contribution in [1.29, 1.82) is 0 Å². The Bertz CT molecular complexity index is 734. The van der Waals surface area contributed by atoms with Crippen LogP contribution in [0, 0.1) is 5.41 Å². The number of carbonyl (C=O) groups is 1. The molecule has 0 bridgehead atoms. The van der Waals surface area contributed by atoms with Crippen LogP contribution >= 0.6 is 11.3 Å². The molecule has 1 amide bonds. The molecule has 4 rings (SSSR count). The van der Waals surface area contributed by atoms with E-state index < -0.39 is 0 Å². The highest BCUT2D eigenvalue weighted by Crippen LogP contribution is 2.39. The number of ether oxygens (including phenoxy) is 1. The smallest absolute Gasteiger partial charge is 0.227 e. The molecule has 27 heavy (non-hydrogen) atoms. The van der Waals surface area contributed by atoms with Gasteiger partial charge in [-0.2, -0.15) is 0 Å². The fourth-order valence-corrected chi connectivity index (χ4v) is 5.16. The van der Waals surface area contributed by atoms with Crippen LogP contribution in [0.1, 0.15) is 24.1 Å². The maximum atomic E-state index is 12.6. The minimum atomic E-state index is 0.288. The van der Waals surface area contributed by atoms with Crippen molar-refractivity contribution in [3.63, 3.8) is 0 Å². The van der Waals surface area contributed by atoms with Crippen molar-refractivity contribution >= 4 is 17.2 Å². The summed E-state index contributed by atoms with van der Waals surface area (Å²) in [7, 11) is 0. The summed E-state index contributed by atoms with van der Waals surface area (Å²) in [6.07, 6.45) is 4.16. The molecule has 1 atom stereocenters. The van der Waals surface area contributed by atoms with Crippen LogP contribution in [0.3, 0.4) is 0 Å². The maximum Gasteiger partial charge on any atom is 0.227 e. The molecule has 0 saturated carbocycles. The molecular weight excluding hydrogens is 356 g/mol. The molecular formula is C22H28N2O2S. The number of thiophene rings is 1. The van der Waals surface area contributed by atoms with Crippen LogP contribution in [0.25, 0.3) is 0 Å². The lowest BCUT2D eigenvalue weighted by Gasteiger charge is -2.40. The normalized spacial score (nSPS) is 23.0. The van der Waals surface area contributed by atoms with Crippen molar-refractivity contribution < 1.29 is 9.53 Å². The van der Waals surface area contributed by atoms with Gasteiger partial charge in [-0.15, -0.1) is 11.3 Å². The zero-order valence-electron chi connectivity index (χ0n) is 15.8. The van der Waals surface area contributed by atoms with Gasteiger partial charge < -0.3 is 9.64 Å². The molecule has 2 aromatic rings. The predicted molar refractivity (Wildman–Crippen MR) is 109 cm³/mol. The van der Waals surface area contributed by atoms with E-state index in [9.17, 15) is 4.79 Å². The monoisotopic (exact) mass is 384 g/mol. The van der Waals surface area contributed by atoms with E-state index in [1.54, 1.807) is 11.3 Å². The highest BCUT2D eigenvalue weighted by atomic mass is 32.1. The van der Waals surface area contributed by atoms with Gasteiger partial charge in [0.1, 0.15) is 12.4 Å². The van der Waals surface area contributed by atoms with E-state index in [-0.39, 0.29) is 5.41 Å². The number of likely N-dealkylation sites (tertiary alicyclic amines) is 2. The molecule has 5 heteroatoms. The summed E-state index contributed by atoms with van der Waals surface area (Å²) >= 11 is 1.68. The zero-order valence-corrected chi connectivity index (χ0v) is 16.6. The summed E-state index contributed by atoms with van der Waals surface area (Å²) in [6, 6.07) is 14.1. The van der Waals surface area contributed by atoms with Gasteiger partial charge in [0, 0.05) is 36.5 Å². The number of benzene rings is 1. The quantitative estimate of drug-likeness (QED) is 0.762. The average Bonchev–Trinajstić information content (AvgIpc) is 3.33. The summed E-state index contributed by atoms with van der Waals surface area (Å²) < 4.78 is 5.87. The number of hydrogen-bond donors (Lipinski definition) is 0. The van der Waals surface area contributed by atoms with E-state index in [2.05, 4.69) is 15.9 Å². The summed E-state index contributed by atoms with van der Waals surface area (Å²) in [6.45, 7) is 5.75. The summed E-state index contributed by atoms with van der Waals surface area (Å²) in [5.74, 6) is 1.23. The Morgan fingerprint density at radius 3 is 2.78 bits per heavy atom. The molecule has 2 saturated heterocycles. The number of hydrogen-bond acceptors (Lipinski definition) is 4. The van der Waals surface area contributed by atoms with E-state index in [0.29, 0.717) is 12.3 Å². The van der Waals surface area contributed by atoms with Gasteiger partial charge in [0.15, 0.2) is 0 Å². The molecule has 0 radical (unpaired) electrons. The predicted octanol–water partition coefficient (Wildman–Crippen LogP) is 3.68. The van der Waals surface area contributed by atoms with Crippen LogP contribution < -0.4 is 4.74 Å². The fourth-order valence-electron chi connectivity index (χ4n) is 4.47. The van der Waals surface area contributed by atoms with Crippen molar-refractivity contribution in [2.24, 2.45) is 5.41 Å². The molecule has 144 valence electrons. The van der Waals surface area contributed by atoms with Crippen LogP contribution in [-0.4, -0.2) is 55.0 Å². The Kier molecular flexibility index (Phi) is 5.79. The lowest BCUT2D eigenvalue weighted by Crippen LogP contribution is -2.46. The standard InChI is InChI=1S/C22H28N2O2S/c25-21(16-20-8-4-15-27-20)24-12-10-22(18-24)9-5-11-23(17-22)13-14-26-19-6-2-1-3-7-19/h1-4,6-8,15H,5,9-14,16-18H2/t22-/m1/s1. The number of piperidine rings is 1. The van der Waals surface area contributed by atoms with E-state index in [1.165, 1.54) is 17.7 Å². The van der Waals surface area contributed by atoms with Gasteiger partial charge in [-0.25, -0.2) is 0 Å². The highest BCUT2D eigenvalue weighted by Gasteiger charge is 2.42. The number of para-hydroxylation sites is 1. The van der Waals surface area contributed by atoms with Gasteiger partial charge in [0.2, 0.25) is 5.91 Å². The van der Waals surface area contributed by atoms with Gasteiger partial charge in [-0.1, -0.05) is 24.3 Å². The molecule has 2 aliphatic rings. The topological polar surface area (TPSA) is 32.8 Å². The first-order chi connectivity index (χ1) is 13.2. The first kappa shape index (κ1) is 18.5. The number of nitrogens with zero attached hydrogens (tertiary/aromatic N) is 2. The highest BCUT2D eigenvalue weighted by molar-refractivity contribution is 7.10. The van der Waals surface area contributed by atoms with Crippen LogP contribution in [-0.2, 0) is 11.2 Å². The Labute approximate surface area is 165 Å². The lowest BCUT2D eigenvalue weighted by atomic mass is 9.79. The molecule has 1 spiro atoms. The summed E-state index contributed by atoms with van der Waals surface area (Å²) in [4.78, 5) is 18.4. The molecule has 1 aromatic carbocycles. The number of carbonyl (C=O) groups excluding carboxylic acids is 1. The van der Waals surface area contributed by atoms with E-state index in [0.717, 1.165) is 51.5 Å². The number of rotatable bonds is 6. The Balaban J connectivity index is 1.26. The minimum absolute atomic E-state index is 0.288. The van der Waals surface area contributed by atoms with Gasteiger partial charge in [0.05, 0.1) is 6.42 Å². The zero-order chi connectivity index (χ0) is 18.5. The van der Waals surface area contributed by atoms with Crippen molar-refractivity contribution in [3.8, 4) is 5.75 Å². The van der Waals surface area contributed by atoms with Gasteiger partial charge in [-0.05, 0) is 49.4 Å². The van der Waals surface area contributed by atoms with E-state index >= 15 is 0 Å². The Morgan fingerprint density at radius 1 is 1.07 bits per heavy atom. The van der Waals surface area contributed by atoms with Crippen molar-refractivity contribution in [2.45, 2.75) is 25.7 Å². The first-order valence-corrected chi connectivity index (χ1v) is 10.8. The maximum absolute atomic E-state index is 12.6. The second-order valence-corrected chi connectivity index (χ2v) is 8.89. The summed E-state index contributed by atoms with van der Waals surface area (Å²) in [5.41, 5.74) is 0.288. The molecule has 4 nitrogen and oxygen atoms in total. The Hall–Kier alpha value is -1.85. The third-order valence-electron chi connectivity index (χ3n) is 5.86. The Morgan fingerprint density at radius 2 is 1.96 bits per heavy atom. The third-order valence-corrected chi connectivity index (χ3v) is 6.73. The third kappa shape index (κ3) is 4.71. The van der Waals surface area contributed by atoms with E-state index in [1.807, 2.05) is 41.8 Å². The van der Waals surface area contributed by atoms with Crippen molar-refractivity contribution in [1.82, 2.24) is 9.80 Å². The van der Waals surface area contributed by atoms with Gasteiger partial charge in [-0.3, -0.25) is 9.69 Å². The van der Waals surface area contributed by atoms with E-state index in [4.69, 9.17) is 4.74 Å². The molecule has 2 fully saturated rings. The van der Waals surface area contributed by atoms with Crippen molar-refractivity contribution in [2.75, 3.05) is 39.3 Å². The SMILES string of the molecule is O=C(Cc1cccs1)N1CC[C@@]2(CCCN(CCOc3ccccc3)C2)C1. The lowest BCUT2D eigenvalue weighted by molar-refractivity contribution is -0.130. The van der Waals surface area contributed by atoms with Gasteiger partial charge in [0.25, 0.3) is 0 Å². The van der Waals surface area contributed by atoms with Gasteiger partial charge >= 0.3 is 0 Å².